The Bertz CT molecular complexity index is 624. The van der Waals surface area contributed by atoms with Crippen LogP contribution >= 0.6 is 0 Å². The van der Waals surface area contributed by atoms with Gasteiger partial charge in [0.05, 0.1) is 13.7 Å². The predicted molar refractivity (Wildman–Crippen MR) is 91.9 cm³/mol. The van der Waals surface area contributed by atoms with Crippen LogP contribution in [0.4, 0.5) is 0 Å². The minimum atomic E-state index is 0.141. The molecule has 0 spiro atoms. The van der Waals surface area contributed by atoms with Crippen LogP contribution in [0.2, 0.25) is 0 Å². The standard InChI is InChI=1S/C17H24N4O2/c1-3-18-17(19-9-12-21-10-4-5-11-21)20-13-14-7-6-8-15(23-2)16(14)22/h4-8,10-11,22H,3,9,12-13H2,1-2H3,(H2,18,19,20). The monoisotopic (exact) mass is 316 g/mol. The van der Waals surface area contributed by atoms with Crippen LogP contribution in [-0.4, -0.2) is 35.8 Å². The molecule has 1 aromatic carbocycles. The fraction of sp³-hybridized carbons (Fsp3) is 0.353. The number of benzene rings is 1. The summed E-state index contributed by atoms with van der Waals surface area (Å²) in [5.41, 5.74) is 0.729. The highest BCUT2D eigenvalue weighted by Gasteiger charge is 2.07. The quantitative estimate of drug-likeness (QED) is 0.539. The van der Waals surface area contributed by atoms with Crippen molar-refractivity contribution in [2.45, 2.75) is 20.0 Å². The molecule has 124 valence electrons. The second kappa shape index (κ2) is 8.73. The molecule has 6 nitrogen and oxygen atoms in total. The van der Waals surface area contributed by atoms with E-state index < -0.39 is 0 Å². The molecule has 23 heavy (non-hydrogen) atoms. The van der Waals surface area contributed by atoms with Crippen LogP contribution < -0.4 is 15.4 Å². The third-order valence-electron chi connectivity index (χ3n) is 3.38. The number of guanidine groups is 1. The number of nitrogens with one attached hydrogen (secondary N) is 2. The van der Waals surface area contributed by atoms with Gasteiger partial charge in [-0.2, -0.15) is 0 Å². The van der Waals surface area contributed by atoms with E-state index in [2.05, 4.69) is 20.2 Å². The Morgan fingerprint density at radius 2 is 2.00 bits per heavy atom. The zero-order valence-corrected chi connectivity index (χ0v) is 13.6. The van der Waals surface area contributed by atoms with Crippen molar-refractivity contribution in [3.63, 3.8) is 0 Å². The Hall–Kier alpha value is -2.63. The van der Waals surface area contributed by atoms with Crippen LogP contribution in [0.1, 0.15) is 12.5 Å². The summed E-state index contributed by atoms with van der Waals surface area (Å²) >= 11 is 0. The molecule has 0 amide bonds. The average molecular weight is 316 g/mol. The van der Waals surface area contributed by atoms with Gasteiger partial charge >= 0.3 is 0 Å². The fourth-order valence-corrected chi connectivity index (χ4v) is 2.19. The van der Waals surface area contributed by atoms with Crippen molar-refractivity contribution < 1.29 is 9.84 Å². The number of hydrogen-bond donors (Lipinski definition) is 3. The molecule has 1 heterocycles. The number of aromatic hydroxyl groups is 1. The summed E-state index contributed by atoms with van der Waals surface area (Å²) in [6, 6.07) is 9.42. The van der Waals surface area contributed by atoms with Crippen LogP contribution in [0, 0.1) is 0 Å². The van der Waals surface area contributed by atoms with Gasteiger partial charge in [0.25, 0.3) is 0 Å². The molecule has 0 aliphatic heterocycles. The largest absolute Gasteiger partial charge is 0.504 e. The maximum Gasteiger partial charge on any atom is 0.191 e. The molecule has 0 fully saturated rings. The average Bonchev–Trinajstić information content (AvgIpc) is 3.07. The molecule has 0 saturated carbocycles. The highest BCUT2D eigenvalue weighted by atomic mass is 16.5. The van der Waals surface area contributed by atoms with E-state index in [1.54, 1.807) is 6.07 Å². The number of methoxy groups -OCH3 is 1. The number of hydrogen-bond acceptors (Lipinski definition) is 3. The predicted octanol–water partition coefficient (Wildman–Crippen LogP) is 1.96. The van der Waals surface area contributed by atoms with Gasteiger partial charge in [0.2, 0.25) is 0 Å². The molecular weight excluding hydrogens is 292 g/mol. The van der Waals surface area contributed by atoms with E-state index in [0.29, 0.717) is 12.3 Å². The maximum absolute atomic E-state index is 10.1. The topological polar surface area (TPSA) is 70.8 Å². The zero-order valence-electron chi connectivity index (χ0n) is 13.6. The number of rotatable bonds is 7. The smallest absolute Gasteiger partial charge is 0.191 e. The first kappa shape index (κ1) is 16.7. The fourth-order valence-electron chi connectivity index (χ4n) is 2.19. The number of phenolic OH excluding ortho intramolecular Hbond substituents is 1. The number of nitrogens with zero attached hydrogens (tertiary/aromatic N) is 2. The van der Waals surface area contributed by atoms with Crippen LogP contribution in [0.15, 0.2) is 47.7 Å². The minimum Gasteiger partial charge on any atom is -0.504 e. The van der Waals surface area contributed by atoms with E-state index in [9.17, 15) is 5.11 Å². The van der Waals surface area contributed by atoms with Gasteiger partial charge in [0, 0.05) is 37.6 Å². The molecule has 2 rings (SSSR count). The van der Waals surface area contributed by atoms with Crippen molar-refractivity contribution in [3.05, 3.63) is 48.3 Å². The van der Waals surface area contributed by atoms with Crippen molar-refractivity contribution in [2.75, 3.05) is 20.2 Å². The van der Waals surface area contributed by atoms with Crippen molar-refractivity contribution in [2.24, 2.45) is 4.99 Å². The Balaban J connectivity index is 1.95. The van der Waals surface area contributed by atoms with E-state index in [-0.39, 0.29) is 5.75 Å². The van der Waals surface area contributed by atoms with E-state index in [1.165, 1.54) is 7.11 Å². The molecule has 3 N–H and O–H groups in total. The van der Waals surface area contributed by atoms with Gasteiger partial charge in [-0.25, -0.2) is 4.99 Å². The summed E-state index contributed by atoms with van der Waals surface area (Å²) in [5.74, 6) is 1.33. The van der Waals surface area contributed by atoms with Crippen LogP contribution in [-0.2, 0) is 13.1 Å². The number of phenols is 1. The third kappa shape index (κ3) is 4.95. The summed E-state index contributed by atoms with van der Waals surface area (Å²) < 4.78 is 7.22. The molecule has 0 aliphatic rings. The molecule has 0 radical (unpaired) electrons. The van der Waals surface area contributed by atoms with Crippen molar-refractivity contribution >= 4 is 5.96 Å². The second-order valence-electron chi connectivity index (χ2n) is 5.01. The van der Waals surface area contributed by atoms with Crippen molar-refractivity contribution in [1.82, 2.24) is 15.2 Å². The number of para-hydroxylation sites is 1. The minimum absolute atomic E-state index is 0.141. The van der Waals surface area contributed by atoms with E-state index in [1.807, 2.05) is 43.6 Å². The molecule has 6 heteroatoms. The van der Waals surface area contributed by atoms with E-state index in [0.717, 1.165) is 31.2 Å². The first-order valence-electron chi connectivity index (χ1n) is 7.72. The zero-order chi connectivity index (χ0) is 16.5. The van der Waals surface area contributed by atoms with Crippen LogP contribution in [0.3, 0.4) is 0 Å². The Kier molecular flexibility index (Phi) is 6.35. The highest BCUT2D eigenvalue weighted by molar-refractivity contribution is 5.79. The molecular formula is C17H24N4O2. The molecule has 1 aromatic heterocycles. The first-order chi connectivity index (χ1) is 11.2. The van der Waals surface area contributed by atoms with Gasteiger partial charge in [-0.05, 0) is 25.1 Å². The van der Waals surface area contributed by atoms with Gasteiger partial charge in [-0.1, -0.05) is 12.1 Å². The van der Waals surface area contributed by atoms with Gasteiger partial charge in [0.15, 0.2) is 17.5 Å². The lowest BCUT2D eigenvalue weighted by Gasteiger charge is -2.12. The van der Waals surface area contributed by atoms with E-state index in [4.69, 9.17) is 4.74 Å². The summed E-state index contributed by atoms with van der Waals surface area (Å²) in [6.07, 6.45) is 4.06. The van der Waals surface area contributed by atoms with Crippen molar-refractivity contribution in [1.29, 1.82) is 0 Å². The van der Waals surface area contributed by atoms with Gasteiger partial charge in [-0.3, -0.25) is 0 Å². The van der Waals surface area contributed by atoms with Crippen LogP contribution in [0.25, 0.3) is 0 Å². The highest BCUT2D eigenvalue weighted by Crippen LogP contribution is 2.29. The lowest BCUT2D eigenvalue weighted by Crippen LogP contribution is -2.38. The first-order valence-corrected chi connectivity index (χ1v) is 7.72. The normalized spacial score (nSPS) is 11.3. The lowest BCUT2D eigenvalue weighted by molar-refractivity contribution is 0.370. The molecule has 0 unspecified atom stereocenters. The SMILES string of the molecule is CCNC(=NCc1cccc(OC)c1O)NCCn1cccc1. The molecule has 0 aliphatic carbocycles. The second-order valence-corrected chi connectivity index (χ2v) is 5.01. The summed E-state index contributed by atoms with van der Waals surface area (Å²) in [7, 11) is 1.54. The summed E-state index contributed by atoms with van der Waals surface area (Å²) in [5, 5.41) is 16.6. The lowest BCUT2D eigenvalue weighted by atomic mass is 10.2. The van der Waals surface area contributed by atoms with Crippen LogP contribution in [0.5, 0.6) is 11.5 Å². The number of aliphatic imine (C=N–C) groups is 1. The Morgan fingerprint density at radius 1 is 1.22 bits per heavy atom. The van der Waals surface area contributed by atoms with Gasteiger partial charge < -0.3 is 25.0 Å². The maximum atomic E-state index is 10.1. The third-order valence-corrected chi connectivity index (χ3v) is 3.38. The van der Waals surface area contributed by atoms with Crippen molar-refractivity contribution in [3.8, 4) is 11.5 Å². The van der Waals surface area contributed by atoms with E-state index >= 15 is 0 Å². The molecule has 2 aromatic rings. The summed E-state index contributed by atoms with van der Waals surface area (Å²) in [6.45, 7) is 4.81. The molecule has 0 saturated heterocycles. The molecule has 0 bridgehead atoms. The number of aromatic nitrogens is 1. The summed E-state index contributed by atoms with van der Waals surface area (Å²) in [4.78, 5) is 4.51. The Labute approximate surface area is 136 Å². The molecule has 0 atom stereocenters. The van der Waals surface area contributed by atoms with Gasteiger partial charge in [-0.15, -0.1) is 0 Å². The van der Waals surface area contributed by atoms with Gasteiger partial charge in [0.1, 0.15) is 0 Å². The Morgan fingerprint density at radius 3 is 2.70 bits per heavy atom. The number of ether oxygens (including phenoxy) is 1.